The van der Waals surface area contributed by atoms with Crippen molar-refractivity contribution in [3.63, 3.8) is 0 Å². The lowest BCUT2D eigenvalue weighted by atomic mass is 10.1. The van der Waals surface area contributed by atoms with Gasteiger partial charge < -0.3 is 10.6 Å². The summed E-state index contributed by atoms with van der Waals surface area (Å²) in [4.78, 5) is 2.52. The molecule has 1 fully saturated rings. The second kappa shape index (κ2) is 5.54. The Morgan fingerprint density at radius 1 is 1.35 bits per heavy atom. The standard InChI is InChI=1S/C15H24N2/c1-3-10-17(11-13-8-9-13)15-7-5-4-6-14(15)12(2)16/h4-7,12-13H,3,8-11,16H2,1-2H3/t12-/m1/s1. The van der Waals surface area contributed by atoms with Crippen LogP contribution < -0.4 is 10.6 Å². The van der Waals surface area contributed by atoms with Gasteiger partial charge in [-0.15, -0.1) is 0 Å². The van der Waals surface area contributed by atoms with Gasteiger partial charge in [0.25, 0.3) is 0 Å². The summed E-state index contributed by atoms with van der Waals surface area (Å²) in [5.74, 6) is 0.919. The monoisotopic (exact) mass is 232 g/mol. The van der Waals surface area contributed by atoms with Crippen LogP contribution in [-0.2, 0) is 0 Å². The molecule has 2 rings (SSSR count). The number of rotatable bonds is 6. The first kappa shape index (κ1) is 12.4. The van der Waals surface area contributed by atoms with Crippen molar-refractivity contribution in [2.75, 3.05) is 18.0 Å². The van der Waals surface area contributed by atoms with Gasteiger partial charge in [-0.05, 0) is 43.7 Å². The molecule has 1 saturated carbocycles. The highest BCUT2D eigenvalue weighted by atomic mass is 15.1. The van der Waals surface area contributed by atoms with Crippen LogP contribution in [0.2, 0.25) is 0 Å². The van der Waals surface area contributed by atoms with E-state index in [0.29, 0.717) is 0 Å². The van der Waals surface area contributed by atoms with E-state index in [2.05, 4.69) is 43.0 Å². The fraction of sp³-hybridized carbons (Fsp3) is 0.600. The number of anilines is 1. The van der Waals surface area contributed by atoms with Crippen LogP contribution in [-0.4, -0.2) is 13.1 Å². The molecule has 0 radical (unpaired) electrons. The molecule has 0 amide bonds. The van der Waals surface area contributed by atoms with Gasteiger partial charge in [-0.1, -0.05) is 25.1 Å². The van der Waals surface area contributed by atoms with Crippen LogP contribution in [0.1, 0.15) is 44.7 Å². The van der Waals surface area contributed by atoms with Crippen LogP contribution in [0.15, 0.2) is 24.3 Å². The van der Waals surface area contributed by atoms with E-state index >= 15 is 0 Å². The van der Waals surface area contributed by atoms with Crippen molar-refractivity contribution < 1.29 is 0 Å². The van der Waals surface area contributed by atoms with E-state index in [9.17, 15) is 0 Å². The summed E-state index contributed by atoms with van der Waals surface area (Å²) in [7, 11) is 0. The molecule has 2 heteroatoms. The van der Waals surface area contributed by atoms with Gasteiger partial charge in [0.2, 0.25) is 0 Å². The smallest absolute Gasteiger partial charge is 0.0414 e. The average Bonchev–Trinajstić information content (AvgIpc) is 3.12. The van der Waals surface area contributed by atoms with Crippen molar-refractivity contribution in [1.29, 1.82) is 0 Å². The van der Waals surface area contributed by atoms with Crippen molar-refractivity contribution >= 4 is 5.69 Å². The minimum Gasteiger partial charge on any atom is -0.371 e. The zero-order chi connectivity index (χ0) is 12.3. The molecule has 2 nitrogen and oxygen atoms in total. The molecular formula is C15H24N2. The Labute approximate surface area is 105 Å². The molecule has 2 N–H and O–H groups in total. The first-order valence-corrected chi connectivity index (χ1v) is 6.81. The van der Waals surface area contributed by atoms with Crippen molar-refractivity contribution in [2.45, 2.75) is 39.2 Å². The Bertz CT molecular complexity index is 356. The van der Waals surface area contributed by atoms with Crippen molar-refractivity contribution in [1.82, 2.24) is 0 Å². The molecule has 94 valence electrons. The highest BCUT2D eigenvalue weighted by molar-refractivity contribution is 5.55. The van der Waals surface area contributed by atoms with Gasteiger partial charge in [0.1, 0.15) is 0 Å². The quantitative estimate of drug-likeness (QED) is 0.815. The Kier molecular flexibility index (Phi) is 4.06. The molecule has 0 aliphatic heterocycles. The van der Waals surface area contributed by atoms with Crippen molar-refractivity contribution in [3.8, 4) is 0 Å². The second-order valence-electron chi connectivity index (χ2n) is 5.24. The Hall–Kier alpha value is -1.02. The summed E-state index contributed by atoms with van der Waals surface area (Å²) < 4.78 is 0. The molecule has 1 aliphatic carbocycles. The highest BCUT2D eigenvalue weighted by Gasteiger charge is 2.25. The van der Waals surface area contributed by atoms with Gasteiger partial charge in [0.05, 0.1) is 0 Å². The number of hydrogen-bond acceptors (Lipinski definition) is 2. The lowest BCUT2D eigenvalue weighted by Gasteiger charge is -2.28. The maximum Gasteiger partial charge on any atom is 0.0414 e. The van der Waals surface area contributed by atoms with Gasteiger partial charge in [-0.3, -0.25) is 0 Å². The third-order valence-corrected chi connectivity index (χ3v) is 3.44. The van der Waals surface area contributed by atoms with E-state index in [1.54, 1.807) is 0 Å². The third kappa shape index (κ3) is 3.22. The van der Waals surface area contributed by atoms with Crippen LogP contribution >= 0.6 is 0 Å². The number of benzene rings is 1. The highest BCUT2D eigenvalue weighted by Crippen LogP contribution is 2.33. The Morgan fingerprint density at radius 3 is 2.65 bits per heavy atom. The average molecular weight is 232 g/mol. The van der Waals surface area contributed by atoms with Gasteiger partial charge in [-0.2, -0.15) is 0 Å². The van der Waals surface area contributed by atoms with E-state index in [4.69, 9.17) is 5.73 Å². The first-order chi connectivity index (χ1) is 8.22. The molecule has 1 atom stereocenters. The summed E-state index contributed by atoms with van der Waals surface area (Å²) in [6.07, 6.45) is 4.00. The molecule has 17 heavy (non-hydrogen) atoms. The molecule has 1 aliphatic rings. The molecule has 0 heterocycles. The lowest BCUT2D eigenvalue weighted by Crippen LogP contribution is -2.28. The van der Waals surface area contributed by atoms with Crippen LogP contribution in [0.25, 0.3) is 0 Å². The fourth-order valence-electron chi connectivity index (χ4n) is 2.35. The molecular weight excluding hydrogens is 208 g/mol. The van der Waals surface area contributed by atoms with Crippen LogP contribution in [0.4, 0.5) is 5.69 Å². The van der Waals surface area contributed by atoms with Gasteiger partial charge in [0.15, 0.2) is 0 Å². The van der Waals surface area contributed by atoms with Gasteiger partial charge >= 0.3 is 0 Å². The van der Waals surface area contributed by atoms with Gasteiger partial charge in [-0.25, -0.2) is 0 Å². The van der Waals surface area contributed by atoms with E-state index in [1.807, 2.05) is 0 Å². The summed E-state index contributed by atoms with van der Waals surface area (Å²) in [6, 6.07) is 8.71. The van der Waals surface area contributed by atoms with Crippen molar-refractivity contribution in [2.24, 2.45) is 11.7 Å². The Balaban J connectivity index is 2.20. The van der Waals surface area contributed by atoms with E-state index < -0.39 is 0 Å². The predicted octanol–water partition coefficient (Wildman–Crippen LogP) is 3.33. The van der Waals surface area contributed by atoms with Gasteiger partial charge in [0, 0.05) is 24.8 Å². The van der Waals surface area contributed by atoms with E-state index in [0.717, 1.165) is 12.5 Å². The number of nitrogens with two attached hydrogens (primary N) is 1. The molecule has 0 bridgehead atoms. The zero-order valence-corrected chi connectivity index (χ0v) is 11.0. The fourth-order valence-corrected chi connectivity index (χ4v) is 2.35. The number of para-hydroxylation sites is 1. The molecule has 0 unspecified atom stereocenters. The molecule has 0 spiro atoms. The van der Waals surface area contributed by atoms with E-state index in [1.165, 1.54) is 37.1 Å². The summed E-state index contributed by atoms with van der Waals surface area (Å²) in [5, 5.41) is 0. The minimum atomic E-state index is 0.116. The molecule has 0 saturated heterocycles. The zero-order valence-electron chi connectivity index (χ0n) is 11.0. The lowest BCUT2D eigenvalue weighted by molar-refractivity contribution is 0.697. The minimum absolute atomic E-state index is 0.116. The maximum absolute atomic E-state index is 6.07. The second-order valence-corrected chi connectivity index (χ2v) is 5.24. The summed E-state index contributed by atoms with van der Waals surface area (Å²) in [6.45, 7) is 6.66. The van der Waals surface area contributed by atoms with Crippen molar-refractivity contribution in [3.05, 3.63) is 29.8 Å². The topological polar surface area (TPSA) is 29.3 Å². The normalized spacial score (nSPS) is 16.9. The first-order valence-electron chi connectivity index (χ1n) is 6.81. The number of hydrogen-bond donors (Lipinski definition) is 1. The van der Waals surface area contributed by atoms with E-state index in [-0.39, 0.29) is 6.04 Å². The largest absolute Gasteiger partial charge is 0.371 e. The summed E-state index contributed by atoms with van der Waals surface area (Å²) >= 11 is 0. The van der Waals surface area contributed by atoms with Crippen LogP contribution in [0, 0.1) is 5.92 Å². The van der Waals surface area contributed by atoms with Crippen LogP contribution in [0.3, 0.4) is 0 Å². The molecule has 1 aromatic carbocycles. The number of nitrogens with zero attached hydrogens (tertiary/aromatic N) is 1. The Morgan fingerprint density at radius 2 is 2.06 bits per heavy atom. The molecule has 1 aromatic rings. The predicted molar refractivity (Wildman–Crippen MR) is 74.3 cm³/mol. The van der Waals surface area contributed by atoms with Crippen LogP contribution in [0.5, 0.6) is 0 Å². The maximum atomic E-state index is 6.07. The summed E-state index contributed by atoms with van der Waals surface area (Å²) in [5.41, 5.74) is 8.69. The third-order valence-electron chi connectivity index (χ3n) is 3.44. The SMILES string of the molecule is CCCN(CC1CC1)c1ccccc1[C@@H](C)N. The molecule has 0 aromatic heterocycles.